The summed E-state index contributed by atoms with van der Waals surface area (Å²) in [5, 5.41) is 3.09. The zero-order valence-corrected chi connectivity index (χ0v) is 16.1. The molecule has 25 heavy (non-hydrogen) atoms. The van der Waals surface area contributed by atoms with Crippen LogP contribution in [-0.4, -0.2) is 43.5 Å². The van der Waals surface area contributed by atoms with E-state index >= 15 is 0 Å². The van der Waals surface area contributed by atoms with E-state index in [1.807, 2.05) is 42.5 Å². The molecule has 1 N–H and O–H groups in total. The van der Waals surface area contributed by atoms with E-state index in [9.17, 15) is 4.79 Å². The number of nitrogens with zero attached hydrogens (tertiary/aromatic N) is 2. The van der Waals surface area contributed by atoms with Gasteiger partial charge in [0, 0.05) is 30.7 Å². The predicted molar refractivity (Wildman–Crippen MR) is 107 cm³/mol. The molecule has 1 aliphatic heterocycles. The first-order chi connectivity index (χ1) is 12.2. The number of nitrogens with one attached hydrogen (secondary N) is 1. The molecule has 0 aliphatic carbocycles. The van der Waals surface area contributed by atoms with Gasteiger partial charge in [0.1, 0.15) is 0 Å². The molecule has 0 spiro atoms. The molecule has 1 fully saturated rings. The van der Waals surface area contributed by atoms with E-state index in [2.05, 4.69) is 44.0 Å². The molecule has 0 bridgehead atoms. The van der Waals surface area contributed by atoms with Crippen molar-refractivity contribution in [2.24, 2.45) is 0 Å². The molecule has 4 nitrogen and oxygen atoms in total. The van der Waals surface area contributed by atoms with Crippen LogP contribution in [0.5, 0.6) is 0 Å². The molecule has 0 atom stereocenters. The fourth-order valence-electron chi connectivity index (χ4n) is 3.14. The van der Waals surface area contributed by atoms with Crippen molar-refractivity contribution in [3.8, 4) is 0 Å². The van der Waals surface area contributed by atoms with Crippen LogP contribution < -0.4 is 10.2 Å². The Balaban J connectivity index is 1.66. The van der Waals surface area contributed by atoms with E-state index in [0.29, 0.717) is 6.42 Å². The van der Waals surface area contributed by atoms with Crippen molar-refractivity contribution in [2.75, 3.05) is 42.9 Å². The lowest BCUT2D eigenvalue weighted by molar-refractivity contribution is -0.115. The lowest BCUT2D eigenvalue weighted by Crippen LogP contribution is -2.46. The molecular weight excluding hydrogens is 378 g/mol. The topological polar surface area (TPSA) is 35.6 Å². The summed E-state index contributed by atoms with van der Waals surface area (Å²) in [6.45, 7) is 7.42. The number of halogens is 1. The molecule has 1 aliphatic rings. The average molecular weight is 402 g/mol. The van der Waals surface area contributed by atoms with Crippen LogP contribution in [0.2, 0.25) is 0 Å². The van der Waals surface area contributed by atoms with Crippen molar-refractivity contribution in [3.05, 3.63) is 58.6 Å². The fraction of sp³-hybridized carbons (Fsp3) is 0.350. The van der Waals surface area contributed by atoms with Crippen molar-refractivity contribution >= 4 is 33.2 Å². The summed E-state index contributed by atoms with van der Waals surface area (Å²) < 4.78 is 1.02. The summed E-state index contributed by atoms with van der Waals surface area (Å²) >= 11 is 3.42. The summed E-state index contributed by atoms with van der Waals surface area (Å²) in [5.41, 5.74) is 3.02. The molecule has 1 saturated heterocycles. The zero-order valence-electron chi connectivity index (χ0n) is 14.5. The minimum Gasteiger partial charge on any atom is -0.367 e. The SMILES string of the molecule is CCN1CCN(c2ccccc2NC(=O)Cc2ccc(Br)cc2)CC1. The number of piperazine rings is 1. The van der Waals surface area contributed by atoms with E-state index in [1.165, 1.54) is 0 Å². The van der Waals surface area contributed by atoms with Crippen LogP contribution in [0.3, 0.4) is 0 Å². The Kier molecular flexibility index (Phi) is 6.10. The number of benzene rings is 2. The highest BCUT2D eigenvalue weighted by Crippen LogP contribution is 2.26. The highest BCUT2D eigenvalue weighted by molar-refractivity contribution is 9.10. The number of amides is 1. The highest BCUT2D eigenvalue weighted by atomic mass is 79.9. The Labute approximate surface area is 158 Å². The lowest BCUT2D eigenvalue weighted by Gasteiger charge is -2.36. The maximum atomic E-state index is 12.5. The number of anilines is 2. The quantitative estimate of drug-likeness (QED) is 0.827. The predicted octanol–water partition coefficient (Wildman–Crippen LogP) is 3.77. The Bertz CT molecular complexity index is 709. The van der Waals surface area contributed by atoms with Gasteiger partial charge < -0.3 is 15.1 Å². The molecule has 2 aromatic rings. The number of likely N-dealkylation sites (N-methyl/N-ethyl adjacent to an activating group) is 1. The van der Waals surface area contributed by atoms with Crippen LogP contribution in [0.25, 0.3) is 0 Å². The van der Waals surface area contributed by atoms with Gasteiger partial charge >= 0.3 is 0 Å². The van der Waals surface area contributed by atoms with Crippen LogP contribution >= 0.6 is 15.9 Å². The molecule has 1 amide bonds. The van der Waals surface area contributed by atoms with Crippen LogP contribution in [-0.2, 0) is 11.2 Å². The standard InChI is InChI=1S/C20H24BrN3O/c1-2-23-11-13-24(14-12-23)19-6-4-3-5-18(19)22-20(25)15-16-7-9-17(21)10-8-16/h3-10H,2,11-15H2,1H3,(H,22,25). The van der Waals surface area contributed by atoms with Gasteiger partial charge in [-0.25, -0.2) is 0 Å². The Morgan fingerprint density at radius 1 is 1.04 bits per heavy atom. The Morgan fingerprint density at radius 2 is 1.72 bits per heavy atom. The first-order valence-corrected chi connectivity index (χ1v) is 9.55. The van der Waals surface area contributed by atoms with Crippen LogP contribution in [0.4, 0.5) is 11.4 Å². The summed E-state index contributed by atoms with van der Waals surface area (Å²) in [7, 11) is 0. The molecule has 0 unspecified atom stereocenters. The number of hydrogen-bond donors (Lipinski definition) is 1. The van der Waals surface area contributed by atoms with E-state index < -0.39 is 0 Å². The van der Waals surface area contributed by atoms with Crippen molar-refractivity contribution in [3.63, 3.8) is 0 Å². The first kappa shape index (κ1) is 18.0. The third kappa shape index (κ3) is 4.83. The summed E-state index contributed by atoms with van der Waals surface area (Å²) in [4.78, 5) is 17.3. The van der Waals surface area contributed by atoms with Gasteiger partial charge in [-0.2, -0.15) is 0 Å². The monoisotopic (exact) mass is 401 g/mol. The maximum Gasteiger partial charge on any atom is 0.228 e. The molecule has 0 radical (unpaired) electrons. The largest absolute Gasteiger partial charge is 0.367 e. The lowest BCUT2D eigenvalue weighted by atomic mass is 10.1. The highest BCUT2D eigenvalue weighted by Gasteiger charge is 2.18. The van der Waals surface area contributed by atoms with Gasteiger partial charge in [0.05, 0.1) is 17.8 Å². The van der Waals surface area contributed by atoms with Gasteiger partial charge in [0.15, 0.2) is 0 Å². The zero-order chi connectivity index (χ0) is 17.6. The van der Waals surface area contributed by atoms with Crippen molar-refractivity contribution in [2.45, 2.75) is 13.3 Å². The smallest absolute Gasteiger partial charge is 0.228 e. The molecule has 2 aromatic carbocycles. The molecular formula is C20H24BrN3O. The number of carbonyl (C=O) groups excluding carboxylic acids is 1. The van der Waals surface area contributed by atoms with Gasteiger partial charge in [0.25, 0.3) is 0 Å². The number of rotatable bonds is 5. The van der Waals surface area contributed by atoms with Gasteiger partial charge in [0.2, 0.25) is 5.91 Å². The second-order valence-corrected chi connectivity index (χ2v) is 7.21. The molecule has 0 saturated carbocycles. The van der Waals surface area contributed by atoms with Gasteiger partial charge in [-0.15, -0.1) is 0 Å². The first-order valence-electron chi connectivity index (χ1n) is 8.76. The van der Waals surface area contributed by atoms with Crippen molar-refractivity contribution < 1.29 is 4.79 Å². The molecule has 132 valence electrons. The van der Waals surface area contributed by atoms with Gasteiger partial charge in [-0.05, 0) is 36.4 Å². The van der Waals surface area contributed by atoms with E-state index in [1.54, 1.807) is 0 Å². The average Bonchev–Trinajstić information content (AvgIpc) is 2.64. The third-order valence-corrected chi connectivity index (χ3v) is 5.14. The maximum absolute atomic E-state index is 12.5. The summed E-state index contributed by atoms with van der Waals surface area (Å²) in [6.07, 6.45) is 0.380. The number of carbonyl (C=O) groups is 1. The Hall–Kier alpha value is -1.85. The number of hydrogen-bond acceptors (Lipinski definition) is 3. The normalized spacial score (nSPS) is 15.2. The molecule has 0 aromatic heterocycles. The number of para-hydroxylation sites is 2. The van der Waals surface area contributed by atoms with E-state index in [4.69, 9.17) is 0 Å². The Morgan fingerprint density at radius 3 is 2.40 bits per heavy atom. The van der Waals surface area contributed by atoms with Crippen LogP contribution in [0.15, 0.2) is 53.0 Å². The van der Waals surface area contributed by atoms with Crippen molar-refractivity contribution in [1.29, 1.82) is 0 Å². The second-order valence-electron chi connectivity index (χ2n) is 6.29. The second kappa shape index (κ2) is 8.50. The molecule has 1 heterocycles. The molecule has 5 heteroatoms. The van der Waals surface area contributed by atoms with Crippen LogP contribution in [0, 0.1) is 0 Å². The third-order valence-electron chi connectivity index (χ3n) is 4.62. The summed E-state index contributed by atoms with van der Waals surface area (Å²) in [6, 6.07) is 16.0. The van der Waals surface area contributed by atoms with Crippen LogP contribution in [0.1, 0.15) is 12.5 Å². The van der Waals surface area contributed by atoms with E-state index in [-0.39, 0.29) is 5.91 Å². The van der Waals surface area contributed by atoms with E-state index in [0.717, 1.165) is 54.1 Å². The van der Waals surface area contributed by atoms with Crippen molar-refractivity contribution in [1.82, 2.24) is 4.90 Å². The minimum atomic E-state index is 0.0157. The minimum absolute atomic E-state index is 0.0157. The summed E-state index contributed by atoms with van der Waals surface area (Å²) in [5.74, 6) is 0.0157. The molecule has 3 rings (SSSR count). The van der Waals surface area contributed by atoms with Gasteiger partial charge in [-0.1, -0.05) is 47.1 Å². The van der Waals surface area contributed by atoms with Gasteiger partial charge in [-0.3, -0.25) is 4.79 Å². The fourth-order valence-corrected chi connectivity index (χ4v) is 3.41.